The Bertz CT molecular complexity index is 1040. The molecule has 3 aromatic rings. The lowest BCUT2D eigenvalue weighted by Crippen LogP contribution is -2.31. The molecule has 0 amide bonds. The molecule has 0 unspecified atom stereocenters. The third kappa shape index (κ3) is 4.41. The van der Waals surface area contributed by atoms with Crippen LogP contribution in [0.4, 0.5) is 13.2 Å². The minimum Gasteiger partial charge on any atom is -0.294 e. The number of rotatable bonds is 3. The highest BCUT2D eigenvalue weighted by atomic mass is 35.5. The highest BCUT2D eigenvalue weighted by molar-refractivity contribution is 6.30. The second-order valence-electron chi connectivity index (χ2n) is 7.10. The van der Waals surface area contributed by atoms with E-state index in [2.05, 4.69) is 19.9 Å². The number of aromatic nitrogens is 3. The first-order valence-electron chi connectivity index (χ1n) is 9.16. The Hall–Kier alpha value is -2.51. The van der Waals surface area contributed by atoms with Gasteiger partial charge in [-0.2, -0.15) is 13.2 Å². The molecule has 1 aliphatic rings. The molecule has 1 aliphatic heterocycles. The van der Waals surface area contributed by atoms with E-state index in [4.69, 9.17) is 11.6 Å². The molecule has 0 aliphatic carbocycles. The molecule has 1 aromatic carbocycles. The van der Waals surface area contributed by atoms with Crippen molar-refractivity contribution >= 4 is 11.6 Å². The molecule has 8 heteroatoms. The Morgan fingerprint density at radius 2 is 1.83 bits per heavy atom. The lowest BCUT2D eigenvalue weighted by Gasteiger charge is -2.28. The molecule has 0 atom stereocenters. The zero-order valence-electron chi connectivity index (χ0n) is 15.7. The highest BCUT2D eigenvalue weighted by Gasteiger charge is 2.30. The van der Waals surface area contributed by atoms with E-state index in [0.717, 1.165) is 47.6 Å². The number of aryl methyl sites for hydroxylation is 1. The summed E-state index contributed by atoms with van der Waals surface area (Å²) in [5.74, 6) is 0.441. The van der Waals surface area contributed by atoms with Crippen molar-refractivity contribution in [2.24, 2.45) is 0 Å². The number of halogens is 4. The van der Waals surface area contributed by atoms with Crippen LogP contribution in [0.15, 0.2) is 42.6 Å². The molecule has 4 nitrogen and oxygen atoms in total. The van der Waals surface area contributed by atoms with E-state index >= 15 is 0 Å². The Morgan fingerprint density at radius 1 is 1.07 bits per heavy atom. The molecule has 150 valence electrons. The molecule has 0 N–H and O–H groups in total. The van der Waals surface area contributed by atoms with E-state index in [1.54, 1.807) is 6.20 Å². The van der Waals surface area contributed by atoms with Crippen molar-refractivity contribution in [2.45, 2.75) is 32.6 Å². The number of nitrogens with zero attached hydrogens (tertiary/aromatic N) is 4. The maximum Gasteiger partial charge on any atom is 0.416 e. The lowest BCUT2D eigenvalue weighted by molar-refractivity contribution is -0.137. The summed E-state index contributed by atoms with van der Waals surface area (Å²) < 4.78 is 38.2. The fraction of sp³-hybridized carbons (Fsp3) is 0.286. The Labute approximate surface area is 171 Å². The summed E-state index contributed by atoms with van der Waals surface area (Å²) >= 11 is 6.24. The number of hydrogen-bond acceptors (Lipinski definition) is 4. The summed E-state index contributed by atoms with van der Waals surface area (Å²) in [6, 6.07) is 8.86. The predicted octanol–water partition coefficient (Wildman–Crippen LogP) is 5.08. The Morgan fingerprint density at radius 3 is 2.52 bits per heavy atom. The number of hydrogen-bond donors (Lipinski definition) is 0. The number of fused-ring (bicyclic) bond motifs is 1. The van der Waals surface area contributed by atoms with Gasteiger partial charge in [0, 0.05) is 54.6 Å². The van der Waals surface area contributed by atoms with Crippen molar-refractivity contribution in [1.29, 1.82) is 0 Å². The summed E-state index contributed by atoms with van der Waals surface area (Å²) in [5.41, 5.74) is 3.69. The largest absolute Gasteiger partial charge is 0.416 e. The van der Waals surface area contributed by atoms with Gasteiger partial charge in [0.2, 0.25) is 0 Å². The summed E-state index contributed by atoms with van der Waals surface area (Å²) in [6.07, 6.45) is -1.85. The van der Waals surface area contributed by atoms with E-state index in [9.17, 15) is 13.2 Å². The van der Waals surface area contributed by atoms with E-state index < -0.39 is 11.7 Å². The molecule has 4 rings (SSSR count). The van der Waals surface area contributed by atoms with Gasteiger partial charge in [0.1, 0.15) is 5.15 Å². The van der Waals surface area contributed by atoms with Gasteiger partial charge < -0.3 is 0 Å². The smallest absolute Gasteiger partial charge is 0.294 e. The van der Waals surface area contributed by atoms with E-state index in [-0.39, 0.29) is 0 Å². The van der Waals surface area contributed by atoms with Crippen molar-refractivity contribution in [3.8, 4) is 11.4 Å². The second-order valence-corrected chi connectivity index (χ2v) is 7.46. The van der Waals surface area contributed by atoms with Crippen LogP contribution < -0.4 is 0 Å². The van der Waals surface area contributed by atoms with Crippen LogP contribution in [0.25, 0.3) is 11.4 Å². The van der Waals surface area contributed by atoms with Gasteiger partial charge in [0.25, 0.3) is 0 Å². The van der Waals surface area contributed by atoms with Gasteiger partial charge in [-0.15, -0.1) is 0 Å². The molecule has 29 heavy (non-hydrogen) atoms. The summed E-state index contributed by atoms with van der Waals surface area (Å²) in [4.78, 5) is 15.5. The molecule has 0 radical (unpaired) electrons. The van der Waals surface area contributed by atoms with Crippen molar-refractivity contribution in [1.82, 2.24) is 19.9 Å². The van der Waals surface area contributed by atoms with E-state index in [0.29, 0.717) is 29.6 Å². The average molecular weight is 419 g/mol. The SMILES string of the molecule is Cc1ccc(CN2CCc3nc(-c4ccc(C(F)(F)F)cc4)ncc3C2)c(Cl)n1. The number of pyridine rings is 1. The lowest BCUT2D eigenvalue weighted by atomic mass is 10.1. The first-order valence-corrected chi connectivity index (χ1v) is 9.54. The normalized spacial score (nSPS) is 14.7. The van der Waals surface area contributed by atoms with Crippen LogP contribution in [0.2, 0.25) is 5.15 Å². The molecule has 0 saturated carbocycles. The second kappa shape index (κ2) is 7.72. The van der Waals surface area contributed by atoms with Crippen LogP contribution in [-0.4, -0.2) is 26.4 Å². The van der Waals surface area contributed by atoms with Crippen LogP contribution in [0.3, 0.4) is 0 Å². The van der Waals surface area contributed by atoms with Crippen molar-refractivity contribution < 1.29 is 13.2 Å². The molecule has 0 spiro atoms. The number of benzene rings is 1. The maximum absolute atomic E-state index is 12.7. The monoisotopic (exact) mass is 418 g/mol. The minimum absolute atomic E-state index is 0.441. The molecule has 2 aromatic heterocycles. The first-order chi connectivity index (χ1) is 13.8. The molecular formula is C21H18ClF3N4. The third-order valence-electron chi connectivity index (χ3n) is 4.94. The molecule has 0 saturated heterocycles. The standard InChI is InChI=1S/C21H18ClF3N4/c1-13-2-3-15(19(22)27-13)11-29-9-8-18-16(12-29)10-26-20(28-18)14-4-6-17(7-5-14)21(23,24)25/h2-7,10H,8-9,11-12H2,1H3. The average Bonchev–Trinajstić information content (AvgIpc) is 2.69. The molecule has 3 heterocycles. The zero-order chi connectivity index (χ0) is 20.6. The van der Waals surface area contributed by atoms with Crippen LogP contribution in [-0.2, 0) is 25.7 Å². The van der Waals surface area contributed by atoms with Crippen LogP contribution in [0.1, 0.15) is 28.1 Å². The van der Waals surface area contributed by atoms with Crippen molar-refractivity contribution in [3.63, 3.8) is 0 Å². The van der Waals surface area contributed by atoms with Gasteiger partial charge >= 0.3 is 6.18 Å². The van der Waals surface area contributed by atoms with Gasteiger partial charge in [-0.25, -0.2) is 15.0 Å². The van der Waals surface area contributed by atoms with Crippen LogP contribution in [0.5, 0.6) is 0 Å². The van der Waals surface area contributed by atoms with Crippen LogP contribution >= 0.6 is 11.6 Å². The van der Waals surface area contributed by atoms with Gasteiger partial charge in [-0.3, -0.25) is 4.90 Å². The van der Waals surface area contributed by atoms with Gasteiger partial charge in [-0.05, 0) is 25.1 Å². The molecular weight excluding hydrogens is 401 g/mol. The fourth-order valence-electron chi connectivity index (χ4n) is 3.37. The van der Waals surface area contributed by atoms with Crippen LogP contribution in [0, 0.1) is 6.92 Å². The highest BCUT2D eigenvalue weighted by Crippen LogP contribution is 2.31. The zero-order valence-corrected chi connectivity index (χ0v) is 16.4. The third-order valence-corrected chi connectivity index (χ3v) is 5.27. The van der Waals surface area contributed by atoms with Gasteiger partial charge in [0.05, 0.1) is 11.3 Å². The first kappa shape index (κ1) is 19.8. The molecule has 0 fully saturated rings. The van der Waals surface area contributed by atoms with Gasteiger partial charge in [0.15, 0.2) is 5.82 Å². The maximum atomic E-state index is 12.7. The summed E-state index contributed by atoms with van der Waals surface area (Å²) in [6.45, 7) is 4.08. The van der Waals surface area contributed by atoms with Crippen molar-refractivity contribution in [2.75, 3.05) is 6.54 Å². The fourth-order valence-corrected chi connectivity index (χ4v) is 3.63. The number of alkyl halides is 3. The summed E-state index contributed by atoms with van der Waals surface area (Å²) in [5, 5.41) is 0.518. The minimum atomic E-state index is -4.35. The Balaban J connectivity index is 1.50. The topological polar surface area (TPSA) is 41.9 Å². The van der Waals surface area contributed by atoms with Crippen molar-refractivity contribution in [3.05, 3.63) is 75.8 Å². The van der Waals surface area contributed by atoms with E-state index in [1.165, 1.54) is 12.1 Å². The molecule has 0 bridgehead atoms. The quantitative estimate of drug-likeness (QED) is 0.556. The van der Waals surface area contributed by atoms with E-state index in [1.807, 2.05) is 19.1 Å². The summed E-state index contributed by atoms with van der Waals surface area (Å²) in [7, 11) is 0. The van der Waals surface area contributed by atoms with Gasteiger partial charge in [-0.1, -0.05) is 29.8 Å². The predicted molar refractivity (Wildman–Crippen MR) is 104 cm³/mol. The Kier molecular flexibility index (Phi) is 5.27.